The van der Waals surface area contributed by atoms with Crippen molar-refractivity contribution >= 4 is 5.97 Å². The molecule has 0 aromatic heterocycles. The van der Waals surface area contributed by atoms with Crippen LogP contribution in [0, 0.1) is 5.92 Å². The highest BCUT2D eigenvalue weighted by Crippen LogP contribution is 2.17. The van der Waals surface area contributed by atoms with Crippen LogP contribution < -0.4 is 5.32 Å². The van der Waals surface area contributed by atoms with E-state index in [0.717, 1.165) is 24.9 Å². The van der Waals surface area contributed by atoms with Gasteiger partial charge in [0, 0.05) is 0 Å². The third-order valence-electron chi connectivity index (χ3n) is 3.08. The van der Waals surface area contributed by atoms with E-state index >= 15 is 0 Å². The number of esters is 1. The molecule has 1 aromatic carbocycles. The predicted molar refractivity (Wildman–Crippen MR) is 82.7 cm³/mol. The van der Waals surface area contributed by atoms with Gasteiger partial charge in [-0.3, -0.25) is 0 Å². The van der Waals surface area contributed by atoms with Crippen molar-refractivity contribution < 1.29 is 9.53 Å². The summed E-state index contributed by atoms with van der Waals surface area (Å²) >= 11 is 0. The van der Waals surface area contributed by atoms with Crippen LogP contribution in [0.2, 0.25) is 0 Å². The zero-order chi connectivity index (χ0) is 15.0. The first-order valence-electron chi connectivity index (χ1n) is 7.57. The molecule has 0 aliphatic rings. The molecule has 0 aliphatic heterocycles. The van der Waals surface area contributed by atoms with Gasteiger partial charge in [-0.15, -0.1) is 0 Å². The van der Waals surface area contributed by atoms with Crippen LogP contribution >= 0.6 is 0 Å². The number of carbonyl (C=O) groups is 1. The van der Waals surface area contributed by atoms with E-state index in [9.17, 15) is 4.79 Å². The summed E-state index contributed by atoms with van der Waals surface area (Å²) in [5.41, 5.74) is 2.28. The van der Waals surface area contributed by atoms with Crippen LogP contribution in [0.15, 0.2) is 24.3 Å². The van der Waals surface area contributed by atoms with Gasteiger partial charge in [0.2, 0.25) is 0 Å². The van der Waals surface area contributed by atoms with Gasteiger partial charge >= 0.3 is 5.97 Å². The Balaban J connectivity index is 2.81. The first-order chi connectivity index (χ1) is 9.58. The van der Waals surface area contributed by atoms with E-state index in [4.69, 9.17) is 4.74 Å². The highest BCUT2D eigenvalue weighted by Gasteiger charge is 2.20. The summed E-state index contributed by atoms with van der Waals surface area (Å²) in [4.78, 5) is 12.0. The van der Waals surface area contributed by atoms with Crippen LogP contribution in [0.3, 0.4) is 0 Å². The smallest absolute Gasteiger partial charge is 0.327 e. The maximum atomic E-state index is 12.0. The minimum atomic E-state index is -0.358. The Morgan fingerprint density at radius 3 is 2.35 bits per heavy atom. The number of benzene rings is 1. The Hall–Kier alpha value is -1.35. The summed E-state index contributed by atoms with van der Waals surface area (Å²) in [7, 11) is 0. The minimum Gasteiger partial charge on any atom is -0.465 e. The Labute approximate surface area is 122 Å². The molecule has 1 N–H and O–H groups in total. The molecule has 1 rings (SSSR count). The van der Waals surface area contributed by atoms with E-state index in [0.29, 0.717) is 12.5 Å². The molecule has 1 unspecified atom stereocenters. The molecule has 0 bridgehead atoms. The second-order valence-electron chi connectivity index (χ2n) is 5.48. The van der Waals surface area contributed by atoms with Gasteiger partial charge in [-0.1, -0.05) is 45.0 Å². The lowest BCUT2D eigenvalue weighted by Crippen LogP contribution is -2.30. The molecular formula is C17H27NO2. The standard InChI is InChI=1S/C17H27NO2/c1-5-11-18-16(17(19)20-6-2)15-9-7-14(8-10-15)12-13(3)4/h7-10,13,16,18H,5-6,11-12H2,1-4H3. The first kappa shape index (κ1) is 16.7. The largest absolute Gasteiger partial charge is 0.465 e. The zero-order valence-electron chi connectivity index (χ0n) is 13.1. The lowest BCUT2D eigenvalue weighted by molar-refractivity contribution is -0.145. The van der Waals surface area contributed by atoms with Crippen molar-refractivity contribution in [1.29, 1.82) is 0 Å². The molecule has 1 atom stereocenters. The van der Waals surface area contributed by atoms with Crippen molar-refractivity contribution in [3.8, 4) is 0 Å². The quantitative estimate of drug-likeness (QED) is 0.739. The van der Waals surface area contributed by atoms with E-state index in [1.165, 1.54) is 5.56 Å². The summed E-state index contributed by atoms with van der Waals surface area (Å²) in [6.07, 6.45) is 2.05. The zero-order valence-corrected chi connectivity index (χ0v) is 13.1. The van der Waals surface area contributed by atoms with Crippen molar-refractivity contribution in [2.24, 2.45) is 5.92 Å². The molecule has 0 spiro atoms. The molecule has 0 fully saturated rings. The van der Waals surface area contributed by atoms with Crippen LogP contribution in [0.1, 0.15) is 51.3 Å². The second-order valence-corrected chi connectivity index (χ2v) is 5.48. The number of ether oxygens (including phenoxy) is 1. The molecule has 0 heterocycles. The Bertz CT molecular complexity index is 398. The van der Waals surface area contributed by atoms with Gasteiger partial charge in [-0.25, -0.2) is 4.79 Å². The fourth-order valence-corrected chi connectivity index (χ4v) is 2.17. The predicted octanol–water partition coefficient (Wildman–Crippen LogP) is 3.49. The molecule has 3 heteroatoms. The summed E-state index contributed by atoms with van der Waals surface area (Å²) in [5, 5.41) is 3.26. The maximum Gasteiger partial charge on any atom is 0.327 e. The third kappa shape index (κ3) is 5.33. The molecular weight excluding hydrogens is 250 g/mol. The molecule has 0 radical (unpaired) electrons. The molecule has 0 aliphatic carbocycles. The van der Waals surface area contributed by atoms with Gasteiger partial charge in [0.15, 0.2) is 0 Å². The lowest BCUT2D eigenvalue weighted by Gasteiger charge is -2.18. The van der Waals surface area contributed by atoms with Gasteiger partial charge in [0.25, 0.3) is 0 Å². The summed E-state index contributed by atoms with van der Waals surface area (Å²) in [6, 6.07) is 7.91. The monoisotopic (exact) mass is 277 g/mol. The van der Waals surface area contributed by atoms with E-state index in [1.807, 2.05) is 19.1 Å². The van der Waals surface area contributed by atoms with Gasteiger partial charge < -0.3 is 10.1 Å². The summed E-state index contributed by atoms with van der Waals surface area (Å²) in [6.45, 7) is 9.55. The lowest BCUT2D eigenvalue weighted by atomic mass is 9.99. The number of nitrogens with one attached hydrogen (secondary N) is 1. The van der Waals surface area contributed by atoms with Crippen molar-refractivity contribution in [3.05, 3.63) is 35.4 Å². The number of rotatable bonds is 8. The van der Waals surface area contributed by atoms with Crippen LogP contribution in [0.5, 0.6) is 0 Å². The highest BCUT2D eigenvalue weighted by atomic mass is 16.5. The first-order valence-corrected chi connectivity index (χ1v) is 7.57. The van der Waals surface area contributed by atoms with Crippen LogP contribution in [0.25, 0.3) is 0 Å². The maximum absolute atomic E-state index is 12.0. The number of hydrogen-bond donors (Lipinski definition) is 1. The Morgan fingerprint density at radius 1 is 1.20 bits per heavy atom. The molecule has 20 heavy (non-hydrogen) atoms. The Morgan fingerprint density at radius 2 is 1.85 bits per heavy atom. The van der Waals surface area contributed by atoms with Gasteiger partial charge in [-0.2, -0.15) is 0 Å². The third-order valence-corrected chi connectivity index (χ3v) is 3.08. The fourth-order valence-electron chi connectivity index (χ4n) is 2.17. The summed E-state index contributed by atoms with van der Waals surface area (Å²) in [5.74, 6) is 0.442. The van der Waals surface area contributed by atoms with Gasteiger partial charge in [0.05, 0.1) is 6.61 Å². The van der Waals surface area contributed by atoms with E-state index in [-0.39, 0.29) is 12.0 Å². The van der Waals surface area contributed by atoms with Gasteiger partial charge in [0.1, 0.15) is 6.04 Å². The topological polar surface area (TPSA) is 38.3 Å². The molecule has 1 aromatic rings. The average Bonchev–Trinajstić information content (AvgIpc) is 2.40. The SMILES string of the molecule is CCCNC(C(=O)OCC)c1ccc(CC(C)C)cc1. The molecule has 0 saturated heterocycles. The number of carbonyl (C=O) groups excluding carboxylic acids is 1. The fraction of sp³-hybridized carbons (Fsp3) is 0.588. The average molecular weight is 277 g/mol. The summed E-state index contributed by atoms with van der Waals surface area (Å²) < 4.78 is 5.15. The molecule has 0 amide bonds. The van der Waals surface area contributed by atoms with Gasteiger partial charge in [-0.05, 0) is 43.4 Å². The second kappa shape index (κ2) is 8.75. The van der Waals surface area contributed by atoms with Crippen LogP contribution in [-0.4, -0.2) is 19.1 Å². The molecule has 0 saturated carbocycles. The van der Waals surface area contributed by atoms with Crippen LogP contribution in [0.4, 0.5) is 0 Å². The van der Waals surface area contributed by atoms with E-state index in [2.05, 4.69) is 38.2 Å². The van der Waals surface area contributed by atoms with Crippen molar-refractivity contribution in [2.75, 3.05) is 13.2 Å². The van der Waals surface area contributed by atoms with Crippen LogP contribution in [-0.2, 0) is 16.0 Å². The van der Waals surface area contributed by atoms with E-state index < -0.39 is 0 Å². The molecule has 3 nitrogen and oxygen atoms in total. The van der Waals surface area contributed by atoms with Crippen molar-refractivity contribution in [2.45, 2.75) is 46.6 Å². The van der Waals surface area contributed by atoms with E-state index in [1.54, 1.807) is 0 Å². The normalized spacial score (nSPS) is 12.4. The van der Waals surface area contributed by atoms with Crippen molar-refractivity contribution in [3.63, 3.8) is 0 Å². The van der Waals surface area contributed by atoms with Crippen molar-refractivity contribution in [1.82, 2.24) is 5.32 Å². The minimum absolute atomic E-state index is 0.197. The number of hydrogen-bond acceptors (Lipinski definition) is 3. The highest BCUT2D eigenvalue weighted by molar-refractivity contribution is 5.77. The Kier molecular flexibility index (Phi) is 7.31. The molecule has 112 valence electrons.